The van der Waals surface area contributed by atoms with E-state index >= 15 is 0 Å². The maximum Gasteiger partial charge on any atom is 0.316 e. The maximum atomic E-state index is 12.0. The molecular weight excluding hydrogens is 206 g/mol. The Balaban J connectivity index is 5.00. The van der Waals surface area contributed by atoms with E-state index in [4.69, 9.17) is 5.11 Å². The molecule has 0 aliphatic heterocycles. The fraction of sp³-hybridized carbons (Fsp3) is 0.667. The van der Waals surface area contributed by atoms with Crippen molar-refractivity contribution in [3.05, 3.63) is 12.7 Å². The second-order valence-corrected chi connectivity index (χ2v) is 4.80. The SMILES string of the molecule is C=CCN(CC)C(=O)C(C(=O)O)C(C)(C)C. The zero-order valence-electron chi connectivity index (χ0n) is 10.5. The number of amides is 1. The first-order valence-electron chi connectivity index (χ1n) is 5.38. The Morgan fingerprint density at radius 3 is 2.19 bits per heavy atom. The Hall–Kier alpha value is -1.32. The third-order valence-corrected chi connectivity index (χ3v) is 2.40. The molecular formula is C12H21NO3. The Kier molecular flexibility index (Phi) is 5.21. The Labute approximate surface area is 96.9 Å². The Bertz CT molecular complexity index is 278. The van der Waals surface area contributed by atoms with Crippen LogP contribution in [0.1, 0.15) is 27.7 Å². The highest BCUT2D eigenvalue weighted by molar-refractivity contribution is 5.97. The van der Waals surface area contributed by atoms with E-state index < -0.39 is 17.3 Å². The molecule has 1 amide bonds. The zero-order valence-corrected chi connectivity index (χ0v) is 10.5. The smallest absolute Gasteiger partial charge is 0.316 e. The molecule has 1 unspecified atom stereocenters. The molecule has 0 rings (SSSR count). The molecule has 92 valence electrons. The molecule has 0 saturated carbocycles. The number of carbonyl (C=O) groups excluding carboxylic acids is 1. The topological polar surface area (TPSA) is 57.6 Å². The number of aliphatic carboxylic acids is 1. The molecule has 0 heterocycles. The van der Waals surface area contributed by atoms with E-state index in [0.29, 0.717) is 13.1 Å². The van der Waals surface area contributed by atoms with Gasteiger partial charge in [-0.15, -0.1) is 6.58 Å². The number of carboxylic acids is 1. The first kappa shape index (κ1) is 14.7. The van der Waals surface area contributed by atoms with Crippen molar-refractivity contribution in [2.75, 3.05) is 13.1 Å². The predicted octanol–water partition coefficient (Wildman–Crippen LogP) is 1.77. The number of carboxylic acid groups (broad SMARTS) is 1. The molecule has 1 N–H and O–H groups in total. The summed E-state index contributed by atoms with van der Waals surface area (Å²) in [7, 11) is 0. The first-order valence-corrected chi connectivity index (χ1v) is 5.38. The quantitative estimate of drug-likeness (QED) is 0.575. The van der Waals surface area contributed by atoms with Crippen LogP contribution in [0.15, 0.2) is 12.7 Å². The van der Waals surface area contributed by atoms with E-state index in [-0.39, 0.29) is 5.91 Å². The number of hydrogen-bond acceptors (Lipinski definition) is 2. The van der Waals surface area contributed by atoms with Crippen molar-refractivity contribution in [2.24, 2.45) is 11.3 Å². The minimum atomic E-state index is -1.07. The number of nitrogens with zero attached hydrogens (tertiary/aromatic N) is 1. The zero-order chi connectivity index (χ0) is 12.9. The highest BCUT2D eigenvalue weighted by atomic mass is 16.4. The van der Waals surface area contributed by atoms with Gasteiger partial charge in [0.05, 0.1) is 0 Å². The van der Waals surface area contributed by atoms with Gasteiger partial charge in [0.2, 0.25) is 5.91 Å². The van der Waals surface area contributed by atoms with Crippen LogP contribution in [0.25, 0.3) is 0 Å². The lowest BCUT2D eigenvalue weighted by Gasteiger charge is -2.30. The van der Waals surface area contributed by atoms with E-state index in [1.165, 1.54) is 4.90 Å². The van der Waals surface area contributed by atoms with Crippen LogP contribution >= 0.6 is 0 Å². The number of carbonyl (C=O) groups is 2. The number of likely N-dealkylation sites (N-methyl/N-ethyl adjacent to an activating group) is 1. The van der Waals surface area contributed by atoms with Gasteiger partial charge in [0.25, 0.3) is 0 Å². The van der Waals surface area contributed by atoms with E-state index in [1.807, 2.05) is 6.92 Å². The van der Waals surface area contributed by atoms with Crippen LogP contribution in [-0.4, -0.2) is 35.0 Å². The van der Waals surface area contributed by atoms with Crippen molar-refractivity contribution < 1.29 is 14.7 Å². The summed E-state index contributed by atoms with van der Waals surface area (Å²) in [5.74, 6) is -2.42. The molecule has 0 aliphatic rings. The molecule has 0 aliphatic carbocycles. The summed E-state index contributed by atoms with van der Waals surface area (Å²) in [6.07, 6.45) is 1.60. The molecule has 0 aromatic carbocycles. The summed E-state index contributed by atoms with van der Waals surface area (Å²) >= 11 is 0. The van der Waals surface area contributed by atoms with Gasteiger partial charge in [-0.1, -0.05) is 26.8 Å². The lowest BCUT2D eigenvalue weighted by molar-refractivity contribution is -0.155. The summed E-state index contributed by atoms with van der Waals surface area (Å²) in [6.45, 7) is 11.5. The largest absolute Gasteiger partial charge is 0.481 e. The highest BCUT2D eigenvalue weighted by Gasteiger charge is 2.39. The van der Waals surface area contributed by atoms with Gasteiger partial charge in [-0.25, -0.2) is 0 Å². The molecule has 4 nitrogen and oxygen atoms in total. The van der Waals surface area contributed by atoms with Gasteiger partial charge in [0, 0.05) is 13.1 Å². The van der Waals surface area contributed by atoms with Crippen molar-refractivity contribution in [1.82, 2.24) is 4.90 Å². The van der Waals surface area contributed by atoms with Crippen molar-refractivity contribution >= 4 is 11.9 Å². The average Bonchev–Trinajstić information content (AvgIpc) is 2.10. The molecule has 4 heteroatoms. The van der Waals surface area contributed by atoms with Crippen molar-refractivity contribution in [3.63, 3.8) is 0 Å². The lowest BCUT2D eigenvalue weighted by atomic mass is 9.80. The summed E-state index contributed by atoms with van der Waals surface area (Å²) < 4.78 is 0. The van der Waals surface area contributed by atoms with Gasteiger partial charge in [0.15, 0.2) is 0 Å². The van der Waals surface area contributed by atoms with Gasteiger partial charge in [-0.2, -0.15) is 0 Å². The van der Waals surface area contributed by atoms with Gasteiger partial charge in [0.1, 0.15) is 5.92 Å². The van der Waals surface area contributed by atoms with Crippen LogP contribution < -0.4 is 0 Å². The fourth-order valence-corrected chi connectivity index (χ4v) is 1.56. The van der Waals surface area contributed by atoms with E-state index in [1.54, 1.807) is 26.8 Å². The van der Waals surface area contributed by atoms with Crippen LogP contribution in [0, 0.1) is 11.3 Å². The Morgan fingerprint density at radius 2 is 1.94 bits per heavy atom. The second-order valence-electron chi connectivity index (χ2n) is 4.80. The predicted molar refractivity (Wildman–Crippen MR) is 63.0 cm³/mol. The van der Waals surface area contributed by atoms with E-state index in [2.05, 4.69) is 6.58 Å². The van der Waals surface area contributed by atoms with Crippen LogP contribution in [0.5, 0.6) is 0 Å². The summed E-state index contributed by atoms with van der Waals surface area (Å²) in [4.78, 5) is 24.7. The molecule has 0 fully saturated rings. The minimum absolute atomic E-state index is 0.345. The van der Waals surface area contributed by atoms with Gasteiger partial charge in [-0.3, -0.25) is 9.59 Å². The molecule has 0 radical (unpaired) electrons. The number of rotatable bonds is 5. The summed E-state index contributed by atoms with van der Waals surface area (Å²) in [6, 6.07) is 0. The standard InChI is InChI=1S/C12H21NO3/c1-6-8-13(7-2)10(14)9(11(15)16)12(3,4)5/h6,9H,1,7-8H2,2-5H3,(H,15,16). The van der Waals surface area contributed by atoms with Crippen molar-refractivity contribution in [2.45, 2.75) is 27.7 Å². The Morgan fingerprint density at radius 1 is 1.44 bits per heavy atom. The molecule has 0 aromatic heterocycles. The minimum Gasteiger partial charge on any atom is -0.481 e. The van der Waals surface area contributed by atoms with Gasteiger partial charge < -0.3 is 10.0 Å². The van der Waals surface area contributed by atoms with Crippen LogP contribution in [0.4, 0.5) is 0 Å². The molecule has 1 atom stereocenters. The summed E-state index contributed by atoms with van der Waals surface area (Å²) in [5, 5.41) is 9.12. The molecule has 0 aromatic rings. The average molecular weight is 227 g/mol. The molecule has 0 bridgehead atoms. The van der Waals surface area contributed by atoms with Gasteiger partial charge >= 0.3 is 5.97 Å². The normalized spacial score (nSPS) is 13.0. The van der Waals surface area contributed by atoms with E-state index in [9.17, 15) is 9.59 Å². The fourth-order valence-electron chi connectivity index (χ4n) is 1.56. The third-order valence-electron chi connectivity index (χ3n) is 2.40. The second kappa shape index (κ2) is 5.68. The van der Waals surface area contributed by atoms with Crippen molar-refractivity contribution in [1.29, 1.82) is 0 Å². The maximum absolute atomic E-state index is 12.0. The number of hydrogen-bond donors (Lipinski definition) is 1. The van der Waals surface area contributed by atoms with Crippen LogP contribution in [-0.2, 0) is 9.59 Å². The van der Waals surface area contributed by atoms with E-state index in [0.717, 1.165) is 0 Å². The van der Waals surface area contributed by atoms with Crippen molar-refractivity contribution in [3.8, 4) is 0 Å². The highest BCUT2D eigenvalue weighted by Crippen LogP contribution is 2.27. The molecule has 0 spiro atoms. The molecule has 16 heavy (non-hydrogen) atoms. The lowest BCUT2D eigenvalue weighted by Crippen LogP contribution is -2.45. The van der Waals surface area contributed by atoms with Crippen LogP contribution in [0.2, 0.25) is 0 Å². The summed E-state index contributed by atoms with van der Waals surface area (Å²) in [5.41, 5.74) is -0.586. The third kappa shape index (κ3) is 3.68. The first-order chi connectivity index (χ1) is 7.25. The van der Waals surface area contributed by atoms with Gasteiger partial charge in [-0.05, 0) is 12.3 Å². The monoisotopic (exact) mass is 227 g/mol. The van der Waals surface area contributed by atoms with Crippen LogP contribution in [0.3, 0.4) is 0 Å². The molecule has 0 saturated heterocycles.